The Hall–Kier alpha value is -2.07. The molecule has 0 aromatic heterocycles. The topological polar surface area (TPSA) is 0 Å². The molecule has 0 saturated heterocycles. The molecule has 16 heavy (non-hydrogen) atoms. The molecule has 0 aliphatic heterocycles. The van der Waals surface area contributed by atoms with E-state index in [1.165, 1.54) is 17.2 Å². The van der Waals surface area contributed by atoms with Crippen LogP contribution in [0.25, 0.3) is 11.1 Å². The van der Waals surface area contributed by atoms with Crippen LogP contribution >= 0.6 is 0 Å². The highest BCUT2D eigenvalue weighted by atomic mass is 19.1. The predicted octanol–water partition coefficient (Wildman–Crippen LogP) is 3.38. The molecule has 76 valence electrons. The van der Waals surface area contributed by atoms with E-state index >= 15 is 0 Å². The maximum Gasteiger partial charge on any atom is 0.123 e. The summed E-state index contributed by atoms with van der Waals surface area (Å²) >= 11 is 0. The average Bonchev–Trinajstić information content (AvgIpc) is 2.64. The van der Waals surface area contributed by atoms with Crippen LogP contribution in [0.1, 0.15) is 16.7 Å². The number of terminal acetylenes is 1. The highest BCUT2D eigenvalue weighted by Gasteiger charge is 2.18. The van der Waals surface area contributed by atoms with Crippen LogP contribution in [0.3, 0.4) is 0 Å². The Kier molecular flexibility index (Phi) is 1.84. The average molecular weight is 208 g/mol. The molecular formula is C15H9F. The Morgan fingerprint density at radius 3 is 2.44 bits per heavy atom. The molecule has 1 heteroatoms. The van der Waals surface area contributed by atoms with Gasteiger partial charge in [-0.1, -0.05) is 18.1 Å². The molecule has 0 bridgehead atoms. The Bertz CT molecular complexity index is 618. The second kappa shape index (κ2) is 3.21. The minimum Gasteiger partial charge on any atom is -0.207 e. The molecule has 0 heterocycles. The lowest BCUT2D eigenvalue weighted by atomic mass is 10.0. The van der Waals surface area contributed by atoms with E-state index in [0.29, 0.717) is 0 Å². The van der Waals surface area contributed by atoms with Gasteiger partial charge in [0.1, 0.15) is 5.82 Å². The summed E-state index contributed by atoms with van der Waals surface area (Å²) < 4.78 is 13.1. The zero-order valence-corrected chi connectivity index (χ0v) is 8.63. The summed E-state index contributed by atoms with van der Waals surface area (Å²) in [6.07, 6.45) is 6.14. The molecule has 0 N–H and O–H groups in total. The first-order chi connectivity index (χ1) is 7.78. The maximum atomic E-state index is 13.1. The fourth-order valence-corrected chi connectivity index (χ4v) is 2.27. The van der Waals surface area contributed by atoms with Gasteiger partial charge in [0.15, 0.2) is 0 Å². The lowest BCUT2D eigenvalue weighted by Gasteiger charge is -2.00. The lowest BCUT2D eigenvalue weighted by molar-refractivity contribution is 0.626. The van der Waals surface area contributed by atoms with E-state index < -0.39 is 0 Å². The van der Waals surface area contributed by atoms with Gasteiger partial charge in [0.05, 0.1) is 0 Å². The van der Waals surface area contributed by atoms with Crippen molar-refractivity contribution in [3.63, 3.8) is 0 Å². The van der Waals surface area contributed by atoms with Crippen LogP contribution < -0.4 is 0 Å². The molecule has 0 atom stereocenters. The summed E-state index contributed by atoms with van der Waals surface area (Å²) in [6, 6.07) is 10.9. The van der Waals surface area contributed by atoms with Gasteiger partial charge in [-0.15, -0.1) is 6.42 Å². The number of halogens is 1. The van der Waals surface area contributed by atoms with Gasteiger partial charge >= 0.3 is 0 Å². The quantitative estimate of drug-likeness (QED) is 0.497. The Morgan fingerprint density at radius 2 is 1.69 bits per heavy atom. The van der Waals surface area contributed by atoms with E-state index in [2.05, 4.69) is 5.92 Å². The van der Waals surface area contributed by atoms with Gasteiger partial charge in [0, 0.05) is 5.56 Å². The van der Waals surface area contributed by atoms with Gasteiger partial charge in [0.2, 0.25) is 0 Å². The summed E-state index contributed by atoms with van der Waals surface area (Å²) in [6.45, 7) is 0. The van der Waals surface area contributed by atoms with E-state index in [-0.39, 0.29) is 5.82 Å². The summed E-state index contributed by atoms with van der Waals surface area (Å²) in [7, 11) is 0. The zero-order valence-electron chi connectivity index (χ0n) is 8.63. The van der Waals surface area contributed by atoms with Crippen molar-refractivity contribution in [2.45, 2.75) is 6.42 Å². The Labute approximate surface area is 93.7 Å². The summed E-state index contributed by atoms with van der Waals surface area (Å²) in [5.41, 5.74) is 5.42. The molecule has 0 saturated carbocycles. The molecular weight excluding hydrogens is 199 g/mol. The first-order valence-electron chi connectivity index (χ1n) is 5.16. The van der Waals surface area contributed by atoms with Gasteiger partial charge < -0.3 is 0 Å². The van der Waals surface area contributed by atoms with Gasteiger partial charge in [0.25, 0.3) is 0 Å². The van der Waals surface area contributed by atoms with Crippen LogP contribution in [0.4, 0.5) is 4.39 Å². The molecule has 0 spiro atoms. The van der Waals surface area contributed by atoms with Crippen molar-refractivity contribution < 1.29 is 4.39 Å². The molecule has 3 rings (SSSR count). The van der Waals surface area contributed by atoms with Crippen LogP contribution in [-0.4, -0.2) is 0 Å². The Morgan fingerprint density at radius 1 is 1.00 bits per heavy atom. The second-order valence-corrected chi connectivity index (χ2v) is 3.99. The highest BCUT2D eigenvalue weighted by Crippen LogP contribution is 2.37. The third-order valence-electron chi connectivity index (χ3n) is 3.01. The summed E-state index contributed by atoms with van der Waals surface area (Å²) in [5, 5.41) is 0. The van der Waals surface area contributed by atoms with Crippen molar-refractivity contribution in [1.29, 1.82) is 0 Å². The monoisotopic (exact) mass is 208 g/mol. The molecule has 1 aliphatic rings. The zero-order chi connectivity index (χ0) is 11.1. The molecule has 0 radical (unpaired) electrons. The fraction of sp³-hybridized carbons (Fsp3) is 0.0667. The fourth-order valence-electron chi connectivity index (χ4n) is 2.27. The van der Waals surface area contributed by atoms with Crippen LogP contribution in [0.5, 0.6) is 0 Å². The molecule has 2 aromatic carbocycles. The van der Waals surface area contributed by atoms with Crippen molar-refractivity contribution in [3.8, 4) is 23.5 Å². The minimum absolute atomic E-state index is 0.177. The van der Waals surface area contributed by atoms with Gasteiger partial charge in [-0.2, -0.15) is 0 Å². The van der Waals surface area contributed by atoms with E-state index in [4.69, 9.17) is 6.42 Å². The number of hydrogen-bond acceptors (Lipinski definition) is 0. The van der Waals surface area contributed by atoms with Gasteiger partial charge in [-0.05, 0) is 52.9 Å². The molecule has 0 unspecified atom stereocenters. The van der Waals surface area contributed by atoms with E-state index in [1.54, 1.807) is 6.07 Å². The maximum absolute atomic E-state index is 13.1. The van der Waals surface area contributed by atoms with E-state index in [0.717, 1.165) is 23.1 Å². The van der Waals surface area contributed by atoms with Gasteiger partial charge in [-0.25, -0.2) is 4.39 Å². The van der Waals surface area contributed by atoms with Crippen LogP contribution in [0.15, 0.2) is 36.4 Å². The SMILES string of the molecule is C#Cc1ccc2c(c1)Cc1cc(F)ccc1-2. The molecule has 0 fully saturated rings. The molecule has 0 nitrogen and oxygen atoms in total. The first-order valence-corrected chi connectivity index (χ1v) is 5.16. The van der Waals surface area contributed by atoms with Crippen molar-refractivity contribution in [2.75, 3.05) is 0 Å². The normalized spacial score (nSPS) is 11.8. The second-order valence-electron chi connectivity index (χ2n) is 3.99. The lowest BCUT2D eigenvalue weighted by Crippen LogP contribution is -1.82. The smallest absolute Gasteiger partial charge is 0.123 e. The standard InChI is InChI=1S/C15H9F/c1-2-10-3-5-14-11(7-10)8-12-9-13(16)4-6-15(12)14/h1,3-7,9H,8H2. The van der Waals surface area contributed by atoms with Crippen molar-refractivity contribution in [2.24, 2.45) is 0 Å². The van der Waals surface area contributed by atoms with Crippen LogP contribution in [0.2, 0.25) is 0 Å². The first kappa shape index (κ1) is 9.18. The predicted molar refractivity (Wildman–Crippen MR) is 62.6 cm³/mol. The number of hydrogen-bond donors (Lipinski definition) is 0. The Balaban J connectivity index is 2.21. The third kappa shape index (κ3) is 1.24. The van der Waals surface area contributed by atoms with Crippen molar-refractivity contribution in [3.05, 3.63) is 58.9 Å². The van der Waals surface area contributed by atoms with Crippen molar-refractivity contribution >= 4 is 0 Å². The number of rotatable bonds is 0. The third-order valence-corrected chi connectivity index (χ3v) is 3.01. The summed E-state index contributed by atoms with van der Waals surface area (Å²) in [4.78, 5) is 0. The number of benzene rings is 2. The molecule has 1 aliphatic carbocycles. The van der Waals surface area contributed by atoms with Crippen molar-refractivity contribution in [1.82, 2.24) is 0 Å². The number of fused-ring (bicyclic) bond motifs is 3. The summed E-state index contributed by atoms with van der Waals surface area (Å²) in [5.74, 6) is 2.44. The molecule has 0 amide bonds. The van der Waals surface area contributed by atoms with Gasteiger partial charge in [-0.3, -0.25) is 0 Å². The van der Waals surface area contributed by atoms with Crippen LogP contribution in [-0.2, 0) is 6.42 Å². The van der Waals surface area contributed by atoms with E-state index in [9.17, 15) is 4.39 Å². The highest BCUT2D eigenvalue weighted by molar-refractivity contribution is 5.77. The largest absolute Gasteiger partial charge is 0.207 e. The minimum atomic E-state index is -0.177. The van der Waals surface area contributed by atoms with Crippen LogP contribution in [0, 0.1) is 18.2 Å². The molecule has 2 aromatic rings. The van der Waals surface area contributed by atoms with E-state index in [1.807, 2.05) is 24.3 Å².